The summed E-state index contributed by atoms with van der Waals surface area (Å²) in [6.07, 6.45) is 5.04. The molecule has 0 unspecified atom stereocenters. The van der Waals surface area contributed by atoms with Gasteiger partial charge in [-0.2, -0.15) is 5.26 Å². The molecule has 1 N–H and O–H groups in total. The van der Waals surface area contributed by atoms with Crippen LogP contribution in [0.5, 0.6) is 5.75 Å². The number of nitriles is 1. The van der Waals surface area contributed by atoms with Gasteiger partial charge in [0.15, 0.2) is 16.7 Å². The molecule has 1 fully saturated rings. The number of halogens is 2. The number of fused-ring (bicyclic) bond motifs is 1. The highest BCUT2D eigenvalue weighted by Gasteiger charge is 2.18. The summed E-state index contributed by atoms with van der Waals surface area (Å²) in [7, 11) is 4.00. The monoisotopic (exact) mass is 537 g/mol. The number of hydrogen-bond acceptors (Lipinski definition) is 8. The van der Waals surface area contributed by atoms with E-state index in [0.717, 1.165) is 36.2 Å². The Labute approximate surface area is 223 Å². The number of rotatable bonds is 7. The van der Waals surface area contributed by atoms with E-state index in [4.69, 9.17) is 16.3 Å². The summed E-state index contributed by atoms with van der Waals surface area (Å²) < 4.78 is 22.6. The quantitative estimate of drug-likeness (QED) is 0.348. The summed E-state index contributed by atoms with van der Waals surface area (Å²) >= 11 is 8.03. The summed E-state index contributed by atoms with van der Waals surface area (Å²) in [6, 6.07) is 10.7. The number of benzene rings is 2. The number of nitrogens with one attached hydrogen (secondary N) is 1. The average molecular weight is 538 g/mol. The third-order valence-corrected chi connectivity index (χ3v) is 7.80. The molecule has 3 heterocycles. The lowest BCUT2D eigenvalue weighted by Gasteiger charge is -2.31. The van der Waals surface area contributed by atoms with Gasteiger partial charge in [0.25, 0.3) is 0 Å². The lowest BCUT2D eigenvalue weighted by Crippen LogP contribution is -2.45. The standard InChI is InChI=1S/C26H25ClFN7OS/c1-33-7-9-35(10-8-33)16-36-23-12-19-22(13-21(23)28)31-15-17(14-29)25(19)32-18-3-4-24(20(27)11-18)37-26-30-5-6-34(26)2/h3-6,11-13,15H,7-10,16H2,1-2H3,(H,31,32). The molecule has 0 saturated carbocycles. The molecule has 1 saturated heterocycles. The molecule has 8 nitrogen and oxygen atoms in total. The smallest absolute Gasteiger partial charge is 0.172 e. The van der Waals surface area contributed by atoms with Crippen molar-refractivity contribution >= 4 is 45.6 Å². The Morgan fingerprint density at radius 1 is 1.16 bits per heavy atom. The highest BCUT2D eigenvalue weighted by molar-refractivity contribution is 7.99. The second-order valence-electron chi connectivity index (χ2n) is 8.85. The fourth-order valence-electron chi connectivity index (χ4n) is 4.02. The summed E-state index contributed by atoms with van der Waals surface area (Å²) in [4.78, 5) is 13.8. The number of imidazole rings is 1. The van der Waals surface area contributed by atoms with Gasteiger partial charge in [0.2, 0.25) is 0 Å². The van der Waals surface area contributed by atoms with Crippen LogP contribution in [-0.4, -0.2) is 64.3 Å². The van der Waals surface area contributed by atoms with E-state index < -0.39 is 5.82 Å². The van der Waals surface area contributed by atoms with Gasteiger partial charge in [-0.15, -0.1) is 0 Å². The summed E-state index contributed by atoms with van der Waals surface area (Å²) in [5.41, 5.74) is 1.94. The number of ether oxygens (including phenoxy) is 1. The second-order valence-corrected chi connectivity index (χ2v) is 10.3. The van der Waals surface area contributed by atoms with Crippen LogP contribution in [0.25, 0.3) is 10.9 Å². The maximum atomic E-state index is 14.9. The van der Waals surface area contributed by atoms with Crippen molar-refractivity contribution < 1.29 is 9.13 Å². The Bertz CT molecular complexity index is 1480. The van der Waals surface area contributed by atoms with Crippen LogP contribution >= 0.6 is 23.4 Å². The third-order valence-electron chi connectivity index (χ3n) is 6.22. The van der Waals surface area contributed by atoms with Crippen molar-refractivity contribution in [3.63, 3.8) is 0 Å². The van der Waals surface area contributed by atoms with Crippen LogP contribution in [-0.2, 0) is 7.05 Å². The average Bonchev–Trinajstić information content (AvgIpc) is 3.29. The van der Waals surface area contributed by atoms with Gasteiger partial charge < -0.3 is 19.5 Å². The van der Waals surface area contributed by atoms with Gasteiger partial charge in [-0.25, -0.2) is 9.37 Å². The van der Waals surface area contributed by atoms with Crippen LogP contribution in [0.2, 0.25) is 5.02 Å². The number of pyridine rings is 1. The number of aryl methyl sites for hydroxylation is 1. The normalized spacial score (nSPS) is 14.6. The van der Waals surface area contributed by atoms with Gasteiger partial charge in [0.05, 0.1) is 21.8 Å². The van der Waals surface area contributed by atoms with Crippen molar-refractivity contribution in [2.45, 2.75) is 10.1 Å². The first-order valence-corrected chi connectivity index (χ1v) is 12.9. The minimum Gasteiger partial charge on any atom is -0.475 e. The van der Waals surface area contributed by atoms with Crippen molar-refractivity contribution in [1.29, 1.82) is 5.26 Å². The highest BCUT2D eigenvalue weighted by atomic mass is 35.5. The summed E-state index contributed by atoms with van der Waals surface area (Å²) in [5.74, 6) is -0.380. The van der Waals surface area contributed by atoms with Crippen LogP contribution in [0.3, 0.4) is 0 Å². The topological polar surface area (TPSA) is 82.2 Å². The van der Waals surface area contributed by atoms with E-state index in [1.807, 2.05) is 29.9 Å². The Morgan fingerprint density at radius 3 is 2.68 bits per heavy atom. The molecule has 5 rings (SSSR count). The van der Waals surface area contributed by atoms with Gasteiger partial charge >= 0.3 is 0 Å². The molecule has 1 aliphatic rings. The Hall–Kier alpha value is -3.36. The van der Waals surface area contributed by atoms with E-state index >= 15 is 0 Å². The van der Waals surface area contributed by atoms with Crippen molar-refractivity contribution in [3.05, 3.63) is 65.3 Å². The molecule has 1 aliphatic heterocycles. The summed E-state index contributed by atoms with van der Waals surface area (Å²) in [5, 5.41) is 15.0. The Balaban J connectivity index is 1.42. The maximum Gasteiger partial charge on any atom is 0.172 e. The minimum absolute atomic E-state index is 0.117. The van der Waals surface area contributed by atoms with Gasteiger partial charge in [-0.05, 0) is 31.3 Å². The predicted octanol–water partition coefficient (Wildman–Crippen LogP) is 5.11. The van der Waals surface area contributed by atoms with E-state index in [9.17, 15) is 9.65 Å². The van der Waals surface area contributed by atoms with E-state index in [2.05, 4.69) is 38.2 Å². The van der Waals surface area contributed by atoms with Gasteiger partial charge in [-0.1, -0.05) is 23.4 Å². The second kappa shape index (κ2) is 10.9. The number of likely N-dealkylation sites (N-methyl/N-ethyl adjacent to an activating group) is 1. The largest absolute Gasteiger partial charge is 0.475 e. The number of anilines is 2. The van der Waals surface area contributed by atoms with Crippen LogP contribution in [0.4, 0.5) is 15.8 Å². The molecule has 0 bridgehead atoms. The van der Waals surface area contributed by atoms with Crippen LogP contribution in [0.1, 0.15) is 5.56 Å². The van der Waals surface area contributed by atoms with Gasteiger partial charge in [-0.3, -0.25) is 9.88 Å². The number of aromatic nitrogens is 3. The molecule has 0 atom stereocenters. The third kappa shape index (κ3) is 5.65. The van der Waals surface area contributed by atoms with Crippen LogP contribution in [0, 0.1) is 17.1 Å². The van der Waals surface area contributed by atoms with Crippen LogP contribution in [0.15, 0.2) is 59.0 Å². The molecule has 2 aromatic carbocycles. The van der Waals surface area contributed by atoms with Crippen molar-refractivity contribution in [2.75, 3.05) is 45.3 Å². The molecule has 0 amide bonds. The molecule has 0 aliphatic carbocycles. The molecule has 4 aromatic rings. The lowest BCUT2D eigenvalue weighted by molar-refractivity contribution is 0.0742. The fraction of sp³-hybridized carbons (Fsp3) is 0.269. The first-order chi connectivity index (χ1) is 17.9. The van der Waals surface area contributed by atoms with E-state index in [1.54, 1.807) is 18.3 Å². The van der Waals surface area contributed by atoms with E-state index in [0.29, 0.717) is 32.9 Å². The number of piperazine rings is 1. The molecule has 2 aromatic heterocycles. The zero-order valence-electron chi connectivity index (χ0n) is 20.4. The molecule has 0 radical (unpaired) electrons. The Morgan fingerprint density at radius 2 is 1.97 bits per heavy atom. The molecule has 0 spiro atoms. The number of nitrogens with zero attached hydrogens (tertiary/aromatic N) is 6. The number of hydrogen-bond donors (Lipinski definition) is 1. The van der Waals surface area contributed by atoms with Crippen molar-refractivity contribution in [2.24, 2.45) is 7.05 Å². The SMILES string of the molecule is CN1CCN(COc2cc3c(Nc4ccc(Sc5nccn5C)c(Cl)c4)c(C#N)cnc3cc2F)CC1. The van der Waals surface area contributed by atoms with Crippen molar-refractivity contribution in [3.8, 4) is 11.8 Å². The molecule has 37 heavy (non-hydrogen) atoms. The van der Waals surface area contributed by atoms with Gasteiger partial charge in [0.1, 0.15) is 12.8 Å². The fourth-order valence-corrected chi connectivity index (χ4v) is 5.12. The summed E-state index contributed by atoms with van der Waals surface area (Å²) in [6.45, 7) is 3.88. The Kier molecular flexibility index (Phi) is 7.48. The van der Waals surface area contributed by atoms with Gasteiger partial charge in [0, 0.05) is 73.9 Å². The minimum atomic E-state index is -0.497. The molecule has 190 valence electrons. The van der Waals surface area contributed by atoms with E-state index in [1.165, 1.54) is 24.0 Å². The zero-order chi connectivity index (χ0) is 25.9. The van der Waals surface area contributed by atoms with E-state index in [-0.39, 0.29) is 12.5 Å². The van der Waals surface area contributed by atoms with Crippen molar-refractivity contribution in [1.82, 2.24) is 24.3 Å². The highest BCUT2D eigenvalue weighted by Crippen LogP contribution is 2.37. The zero-order valence-corrected chi connectivity index (χ0v) is 22.0. The van der Waals surface area contributed by atoms with Crippen LogP contribution < -0.4 is 10.1 Å². The molecular formula is C26H25ClFN7OS. The first-order valence-electron chi connectivity index (χ1n) is 11.7. The molecular weight excluding hydrogens is 513 g/mol. The predicted molar refractivity (Wildman–Crippen MR) is 143 cm³/mol. The molecule has 11 heteroatoms. The lowest BCUT2D eigenvalue weighted by atomic mass is 10.1. The first kappa shape index (κ1) is 25.3. The maximum absolute atomic E-state index is 14.9.